The van der Waals surface area contributed by atoms with Gasteiger partial charge in [-0.1, -0.05) is 13.3 Å². The molecule has 126 valence electrons. The molecular weight excluding hydrogens is 286 g/mol. The van der Waals surface area contributed by atoms with E-state index in [4.69, 9.17) is 0 Å². The Kier molecular flexibility index (Phi) is 5.31. The summed E-state index contributed by atoms with van der Waals surface area (Å²) in [6.45, 7) is 7.55. The third kappa shape index (κ3) is 4.11. The number of unbranched alkanes of at least 4 members (excludes halogenated alkanes) is 1. The molecule has 3 heterocycles. The van der Waals surface area contributed by atoms with Gasteiger partial charge >= 0.3 is 0 Å². The Morgan fingerprint density at radius 2 is 2.04 bits per heavy atom. The van der Waals surface area contributed by atoms with Gasteiger partial charge in [0.25, 0.3) is 0 Å². The van der Waals surface area contributed by atoms with E-state index in [1.54, 1.807) is 0 Å². The molecule has 0 aromatic carbocycles. The molecule has 23 heavy (non-hydrogen) atoms. The first-order valence-corrected chi connectivity index (χ1v) is 9.10. The zero-order valence-corrected chi connectivity index (χ0v) is 14.3. The number of piperidine rings is 2. The molecule has 2 saturated heterocycles. The maximum Gasteiger partial charge on any atom is 0.222 e. The zero-order valence-electron chi connectivity index (χ0n) is 14.3. The van der Waals surface area contributed by atoms with Crippen LogP contribution in [0.2, 0.25) is 0 Å². The summed E-state index contributed by atoms with van der Waals surface area (Å²) in [5.41, 5.74) is 1.51. The van der Waals surface area contributed by atoms with Crippen LogP contribution in [0.3, 0.4) is 0 Å². The second-order valence-electron chi connectivity index (χ2n) is 7.34. The summed E-state index contributed by atoms with van der Waals surface area (Å²) in [5.74, 6) is 0.318. The number of hydrogen-bond acceptors (Lipinski definition) is 3. The second-order valence-corrected chi connectivity index (χ2v) is 7.34. The summed E-state index contributed by atoms with van der Waals surface area (Å²) in [4.78, 5) is 21.2. The highest BCUT2D eigenvalue weighted by Crippen LogP contribution is 2.39. The predicted molar refractivity (Wildman–Crippen MR) is 91.9 cm³/mol. The Hall–Kier alpha value is -1.42. The largest absolute Gasteiger partial charge is 0.338 e. The molecule has 4 nitrogen and oxygen atoms in total. The highest BCUT2D eigenvalue weighted by Gasteiger charge is 2.41. The van der Waals surface area contributed by atoms with Crippen molar-refractivity contribution in [1.82, 2.24) is 14.8 Å². The zero-order chi connectivity index (χ0) is 16.1. The van der Waals surface area contributed by atoms with Gasteiger partial charge < -0.3 is 9.80 Å². The summed E-state index contributed by atoms with van der Waals surface area (Å²) in [6.07, 6.45) is 10.5. The number of nitrogens with zero attached hydrogens (tertiary/aromatic N) is 3. The lowest BCUT2D eigenvalue weighted by Crippen LogP contribution is -2.53. The van der Waals surface area contributed by atoms with Gasteiger partial charge in [-0.25, -0.2) is 0 Å². The van der Waals surface area contributed by atoms with Crippen LogP contribution in [0, 0.1) is 5.41 Å². The summed E-state index contributed by atoms with van der Waals surface area (Å²) < 4.78 is 0. The maximum absolute atomic E-state index is 12.4. The number of aromatic nitrogens is 1. The fraction of sp³-hybridized carbons (Fsp3) is 0.684. The maximum atomic E-state index is 12.4. The molecule has 0 unspecified atom stereocenters. The van der Waals surface area contributed by atoms with E-state index in [0.29, 0.717) is 17.7 Å². The van der Waals surface area contributed by atoms with Crippen LogP contribution in [0.5, 0.6) is 0 Å². The van der Waals surface area contributed by atoms with Crippen LogP contribution in [0.15, 0.2) is 24.5 Å². The first kappa shape index (κ1) is 16.4. The molecule has 2 fully saturated rings. The van der Waals surface area contributed by atoms with Crippen LogP contribution >= 0.6 is 0 Å². The van der Waals surface area contributed by atoms with Gasteiger partial charge in [-0.3, -0.25) is 9.78 Å². The minimum atomic E-state index is 0.318. The van der Waals surface area contributed by atoms with Gasteiger partial charge in [0, 0.05) is 43.9 Å². The molecule has 0 bridgehead atoms. The number of pyridine rings is 1. The van der Waals surface area contributed by atoms with E-state index in [9.17, 15) is 4.79 Å². The first-order valence-electron chi connectivity index (χ1n) is 9.10. The van der Waals surface area contributed by atoms with Crippen molar-refractivity contribution >= 4 is 5.91 Å². The lowest BCUT2D eigenvalue weighted by atomic mass is 9.73. The van der Waals surface area contributed by atoms with Gasteiger partial charge in [0.15, 0.2) is 0 Å². The number of carbonyl (C=O) groups is 1. The van der Waals surface area contributed by atoms with Crippen LogP contribution < -0.4 is 0 Å². The Labute approximate surface area is 139 Å². The topological polar surface area (TPSA) is 36.4 Å². The quantitative estimate of drug-likeness (QED) is 0.838. The number of likely N-dealkylation sites (tertiary alicyclic amines) is 2. The van der Waals surface area contributed by atoms with Crippen molar-refractivity contribution in [3.05, 3.63) is 30.1 Å². The van der Waals surface area contributed by atoms with E-state index in [0.717, 1.165) is 19.5 Å². The molecule has 2 aliphatic rings. The summed E-state index contributed by atoms with van der Waals surface area (Å²) in [5, 5.41) is 0. The highest BCUT2D eigenvalue weighted by molar-refractivity contribution is 5.77. The molecule has 0 aliphatic carbocycles. The highest BCUT2D eigenvalue weighted by atomic mass is 16.2. The van der Waals surface area contributed by atoms with Crippen LogP contribution in [-0.2, 0) is 11.3 Å². The molecule has 0 radical (unpaired) electrons. The summed E-state index contributed by atoms with van der Waals surface area (Å²) >= 11 is 0. The molecule has 1 aromatic heterocycles. The fourth-order valence-corrected chi connectivity index (χ4v) is 4.17. The average molecular weight is 315 g/mol. The van der Waals surface area contributed by atoms with Crippen molar-refractivity contribution in [2.24, 2.45) is 5.41 Å². The fourth-order valence-electron chi connectivity index (χ4n) is 4.17. The van der Waals surface area contributed by atoms with Crippen molar-refractivity contribution in [1.29, 1.82) is 0 Å². The van der Waals surface area contributed by atoms with E-state index < -0.39 is 0 Å². The third-order valence-corrected chi connectivity index (χ3v) is 5.44. The lowest BCUT2D eigenvalue weighted by Gasteiger charge is -2.48. The van der Waals surface area contributed by atoms with Crippen molar-refractivity contribution < 1.29 is 4.79 Å². The average Bonchev–Trinajstić information content (AvgIpc) is 2.58. The van der Waals surface area contributed by atoms with Crippen molar-refractivity contribution in [2.45, 2.75) is 52.0 Å². The molecular formula is C19H29N3O. The van der Waals surface area contributed by atoms with Crippen LogP contribution in [0.25, 0.3) is 0 Å². The molecule has 0 saturated carbocycles. The Morgan fingerprint density at radius 3 is 2.83 bits per heavy atom. The second kappa shape index (κ2) is 7.43. The van der Waals surface area contributed by atoms with Gasteiger partial charge in [-0.05, 0) is 56.5 Å². The smallest absolute Gasteiger partial charge is 0.222 e. The first-order chi connectivity index (χ1) is 11.2. The molecule has 1 aromatic rings. The number of rotatable bonds is 5. The Bertz CT molecular complexity index is 519. The van der Waals surface area contributed by atoms with Crippen molar-refractivity contribution in [2.75, 3.05) is 26.2 Å². The van der Waals surface area contributed by atoms with Gasteiger partial charge in [-0.2, -0.15) is 0 Å². The molecule has 2 aliphatic heterocycles. The molecule has 3 rings (SSSR count). The van der Waals surface area contributed by atoms with E-state index >= 15 is 0 Å². The Balaban J connectivity index is 1.65. The molecule has 1 spiro atoms. The van der Waals surface area contributed by atoms with Crippen LogP contribution in [0.4, 0.5) is 0 Å². The van der Waals surface area contributed by atoms with Gasteiger partial charge in [0.1, 0.15) is 0 Å². The number of carbonyl (C=O) groups excluding carboxylic acids is 1. The molecule has 4 heteroatoms. The van der Waals surface area contributed by atoms with E-state index in [1.165, 1.54) is 50.9 Å². The molecule has 0 N–H and O–H groups in total. The van der Waals surface area contributed by atoms with Crippen LogP contribution in [-0.4, -0.2) is 46.9 Å². The van der Waals surface area contributed by atoms with Gasteiger partial charge in [0.05, 0.1) is 0 Å². The summed E-state index contributed by atoms with van der Waals surface area (Å²) in [6, 6.07) is 4.03. The van der Waals surface area contributed by atoms with E-state index in [2.05, 4.69) is 21.7 Å². The number of amides is 1. The monoisotopic (exact) mass is 315 g/mol. The standard InChI is InChI=1S/C19H29N3O/c1-2-3-12-21-13-4-8-19(15-21)9-5-18(23)22(16-19)14-17-6-10-20-11-7-17/h6-7,10-11H,2-5,8-9,12-16H2,1H3/t19-/m1/s1. The Morgan fingerprint density at radius 1 is 1.22 bits per heavy atom. The van der Waals surface area contributed by atoms with E-state index in [-0.39, 0.29) is 0 Å². The molecule has 1 amide bonds. The molecule has 1 atom stereocenters. The minimum absolute atomic E-state index is 0.318. The third-order valence-electron chi connectivity index (χ3n) is 5.44. The van der Waals surface area contributed by atoms with Crippen molar-refractivity contribution in [3.63, 3.8) is 0 Å². The number of hydrogen-bond donors (Lipinski definition) is 0. The summed E-state index contributed by atoms with van der Waals surface area (Å²) in [7, 11) is 0. The van der Waals surface area contributed by atoms with E-state index in [1.807, 2.05) is 24.5 Å². The minimum Gasteiger partial charge on any atom is -0.338 e. The lowest BCUT2D eigenvalue weighted by molar-refractivity contribution is -0.140. The predicted octanol–water partition coefficient (Wildman–Crippen LogP) is 3.09. The normalized spacial score (nSPS) is 26.0. The van der Waals surface area contributed by atoms with Gasteiger partial charge in [0.2, 0.25) is 5.91 Å². The van der Waals surface area contributed by atoms with Gasteiger partial charge in [-0.15, -0.1) is 0 Å². The van der Waals surface area contributed by atoms with Crippen molar-refractivity contribution in [3.8, 4) is 0 Å². The van der Waals surface area contributed by atoms with Crippen LogP contribution in [0.1, 0.15) is 51.0 Å². The SMILES string of the molecule is CCCCN1CCC[C@@]2(CCC(=O)N(Cc3ccncc3)C2)C1.